The Balaban J connectivity index is 3.30. The standard InChI is InChI=1S/C10H11Br2Cl2NO2S/c1-10(2,5-11)15-18(16,17)9-7(13)3-6(12)4-8(9)14/h3-4,15H,5H2,1-2H3. The Labute approximate surface area is 134 Å². The first-order valence-corrected chi connectivity index (χ1v) is 8.99. The van der Waals surface area contributed by atoms with Gasteiger partial charge in [-0.2, -0.15) is 0 Å². The molecule has 0 amide bonds. The molecule has 8 heteroatoms. The van der Waals surface area contributed by atoms with E-state index in [-0.39, 0.29) is 14.9 Å². The third kappa shape index (κ3) is 4.08. The van der Waals surface area contributed by atoms with Gasteiger partial charge in [-0.05, 0) is 26.0 Å². The first-order chi connectivity index (χ1) is 8.09. The second-order valence-corrected chi connectivity index (χ2v) is 8.23. The van der Waals surface area contributed by atoms with Gasteiger partial charge in [-0.3, -0.25) is 0 Å². The summed E-state index contributed by atoms with van der Waals surface area (Å²) in [5, 5.41) is 0.616. The number of alkyl halides is 1. The number of rotatable bonds is 4. The molecular weight excluding hydrogens is 429 g/mol. The summed E-state index contributed by atoms with van der Waals surface area (Å²) in [4.78, 5) is -0.108. The van der Waals surface area contributed by atoms with Gasteiger partial charge in [0.1, 0.15) is 4.90 Å². The molecule has 1 aromatic rings. The normalized spacial score (nSPS) is 12.8. The average Bonchev–Trinajstić information content (AvgIpc) is 2.13. The Kier molecular flexibility index (Phi) is 5.55. The molecule has 0 heterocycles. The van der Waals surface area contributed by atoms with Crippen molar-refractivity contribution in [1.82, 2.24) is 4.72 Å². The molecule has 0 aliphatic rings. The Hall–Kier alpha value is 0.670. The molecule has 0 aliphatic heterocycles. The first-order valence-electron chi connectivity index (χ1n) is 4.83. The van der Waals surface area contributed by atoms with E-state index in [1.54, 1.807) is 13.8 Å². The largest absolute Gasteiger partial charge is 0.244 e. The van der Waals surface area contributed by atoms with Crippen LogP contribution in [-0.4, -0.2) is 19.3 Å². The molecule has 1 aromatic carbocycles. The van der Waals surface area contributed by atoms with Crippen LogP contribution in [0.4, 0.5) is 0 Å². The number of hydrogen-bond donors (Lipinski definition) is 1. The van der Waals surface area contributed by atoms with Crippen LogP contribution < -0.4 is 4.72 Å². The molecule has 1 N–H and O–H groups in total. The van der Waals surface area contributed by atoms with Crippen LogP contribution in [0, 0.1) is 0 Å². The third-order valence-electron chi connectivity index (χ3n) is 1.98. The summed E-state index contributed by atoms with van der Waals surface area (Å²) in [6, 6.07) is 2.98. The van der Waals surface area contributed by atoms with E-state index in [1.807, 2.05) is 0 Å². The van der Waals surface area contributed by atoms with Gasteiger partial charge < -0.3 is 0 Å². The lowest BCUT2D eigenvalue weighted by atomic mass is 10.1. The molecule has 1 rings (SSSR count). The van der Waals surface area contributed by atoms with Gasteiger partial charge in [-0.25, -0.2) is 13.1 Å². The van der Waals surface area contributed by atoms with E-state index >= 15 is 0 Å². The van der Waals surface area contributed by atoms with Crippen molar-refractivity contribution in [2.75, 3.05) is 5.33 Å². The maximum atomic E-state index is 12.2. The van der Waals surface area contributed by atoms with Crippen molar-refractivity contribution in [3.8, 4) is 0 Å². The van der Waals surface area contributed by atoms with Gasteiger partial charge in [-0.15, -0.1) is 0 Å². The molecule has 0 spiro atoms. The van der Waals surface area contributed by atoms with Crippen LogP contribution in [0.15, 0.2) is 21.5 Å². The fourth-order valence-electron chi connectivity index (χ4n) is 1.23. The molecule has 0 saturated heterocycles. The summed E-state index contributed by atoms with van der Waals surface area (Å²) in [5.74, 6) is 0. The van der Waals surface area contributed by atoms with Gasteiger partial charge in [-0.1, -0.05) is 55.1 Å². The average molecular weight is 440 g/mol. The molecular formula is C10H11Br2Cl2NO2S. The molecule has 102 valence electrons. The van der Waals surface area contributed by atoms with E-state index in [9.17, 15) is 8.42 Å². The summed E-state index contributed by atoms with van der Waals surface area (Å²) >= 11 is 18.3. The van der Waals surface area contributed by atoms with Crippen LogP contribution in [0.5, 0.6) is 0 Å². The highest BCUT2D eigenvalue weighted by Gasteiger charge is 2.29. The zero-order valence-electron chi connectivity index (χ0n) is 9.60. The van der Waals surface area contributed by atoms with Crippen molar-refractivity contribution in [3.05, 3.63) is 26.7 Å². The van der Waals surface area contributed by atoms with E-state index < -0.39 is 15.6 Å². The Morgan fingerprint density at radius 2 is 1.72 bits per heavy atom. The first kappa shape index (κ1) is 16.7. The van der Waals surface area contributed by atoms with E-state index in [0.29, 0.717) is 9.80 Å². The second kappa shape index (κ2) is 5.97. The zero-order valence-corrected chi connectivity index (χ0v) is 15.1. The minimum Gasteiger partial charge on any atom is -0.207 e. The molecule has 3 nitrogen and oxygen atoms in total. The van der Waals surface area contributed by atoms with Gasteiger partial charge in [0.25, 0.3) is 0 Å². The highest BCUT2D eigenvalue weighted by molar-refractivity contribution is 9.10. The van der Waals surface area contributed by atoms with E-state index in [4.69, 9.17) is 23.2 Å². The lowest BCUT2D eigenvalue weighted by molar-refractivity contribution is 0.500. The van der Waals surface area contributed by atoms with Crippen LogP contribution in [0.1, 0.15) is 13.8 Å². The maximum Gasteiger partial charge on any atom is 0.244 e. The highest BCUT2D eigenvalue weighted by atomic mass is 79.9. The van der Waals surface area contributed by atoms with Gasteiger partial charge in [0.15, 0.2) is 0 Å². The zero-order chi connectivity index (χ0) is 14.1. The molecule has 0 atom stereocenters. The molecule has 0 saturated carbocycles. The van der Waals surface area contributed by atoms with Crippen molar-refractivity contribution in [2.45, 2.75) is 24.3 Å². The van der Waals surface area contributed by atoms with Gasteiger partial charge in [0, 0.05) is 15.3 Å². The summed E-state index contributed by atoms with van der Waals surface area (Å²) in [7, 11) is -3.77. The van der Waals surface area contributed by atoms with Gasteiger partial charge in [0.2, 0.25) is 10.0 Å². The lowest BCUT2D eigenvalue weighted by Crippen LogP contribution is -2.44. The lowest BCUT2D eigenvalue weighted by Gasteiger charge is -2.24. The fraction of sp³-hybridized carbons (Fsp3) is 0.400. The van der Waals surface area contributed by atoms with Crippen molar-refractivity contribution in [3.63, 3.8) is 0 Å². The topological polar surface area (TPSA) is 46.2 Å². The minimum atomic E-state index is -3.77. The van der Waals surface area contributed by atoms with E-state index in [1.165, 1.54) is 12.1 Å². The molecule has 0 radical (unpaired) electrons. The van der Waals surface area contributed by atoms with Gasteiger partial charge in [0.05, 0.1) is 10.0 Å². The second-order valence-electron chi connectivity index (χ2n) is 4.32. The van der Waals surface area contributed by atoms with Crippen LogP contribution in [-0.2, 0) is 10.0 Å². The Morgan fingerprint density at radius 3 is 2.11 bits per heavy atom. The van der Waals surface area contributed by atoms with Crippen molar-refractivity contribution in [2.24, 2.45) is 0 Å². The van der Waals surface area contributed by atoms with Crippen LogP contribution in [0.2, 0.25) is 10.0 Å². The van der Waals surface area contributed by atoms with Crippen LogP contribution >= 0.6 is 55.1 Å². The predicted molar refractivity (Wildman–Crippen MR) is 82.4 cm³/mol. The third-order valence-corrected chi connectivity index (χ3v) is 6.46. The number of hydrogen-bond acceptors (Lipinski definition) is 2. The van der Waals surface area contributed by atoms with Crippen LogP contribution in [0.25, 0.3) is 0 Å². The highest BCUT2D eigenvalue weighted by Crippen LogP contribution is 2.33. The number of nitrogens with one attached hydrogen (secondary N) is 1. The summed E-state index contributed by atoms with van der Waals surface area (Å²) in [6.07, 6.45) is 0. The number of halogens is 4. The molecule has 0 unspecified atom stereocenters. The molecule has 0 aliphatic carbocycles. The summed E-state index contributed by atoms with van der Waals surface area (Å²) < 4.78 is 27.6. The quantitative estimate of drug-likeness (QED) is 0.714. The number of benzene rings is 1. The minimum absolute atomic E-state index is 0.0762. The van der Waals surface area contributed by atoms with Crippen molar-refractivity contribution in [1.29, 1.82) is 0 Å². The van der Waals surface area contributed by atoms with Crippen LogP contribution in [0.3, 0.4) is 0 Å². The van der Waals surface area contributed by atoms with Crippen molar-refractivity contribution >= 4 is 65.1 Å². The van der Waals surface area contributed by atoms with E-state index in [2.05, 4.69) is 36.6 Å². The molecule has 0 bridgehead atoms. The maximum absolute atomic E-state index is 12.2. The van der Waals surface area contributed by atoms with Gasteiger partial charge >= 0.3 is 0 Å². The SMILES string of the molecule is CC(C)(CBr)NS(=O)(=O)c1c(Cl)cc(Br)cc1Cl. The summed E-state index contributed by atoms with van der Waals surface area (Å²) in [5.41, 5.74) is -0.640. The van der Waals surface area contributed by atoms with E-state index in [0.717, 1.165) is 0 Å². The van der Waals surface area contributed by atoms with Crippen molar-refractivity contribution < 1.29 is 8.42 Å². The fourth-order valence-corrected chi connectivity index (χ4v) is 4.90. The molecule has 0 fully saturated rings. The molecule has 0 aromatic heterocycles. The Morgan fingerprint density at radius 1 is 1.28 bits per heavy atom. The predicted octanol–water partition coefficient (Wildman–Crippen LogP) is 4.21. The molecule has 18 heavy (non-hydrogen) atoms. The smallest absolute Gasteiger partial charge is 0.207 e. The summed E-state index contributed by atoms with van der Waals surface area (Å²) in [6.45, 7) is 3.50. The number of sulfonamides is 1. The Bertz CT molecular complexity index is 538. The monoisotopic (exact) mass is 437 g/mol.